The molecule has 3 heteroatoms. The monoisotopic (exact) mass is 341 g/mol. The van der Waals surface area contributed by atoms with E-state index in [0.29, 0.717) is 24.0 Å². The maximum Gasteiger partial charge on any atom is 0.111 e. The number of hydrogen-bond donors (Lipinski definition) is 1. The predicted molar refractivity (Wildman–Crippen MR) is 102 cm³/mol. The SMILES string of the molecule is Cc1ccc([C@@H](CCN[C@H]2CCO[C@H](C(C)C)C2)c2ccco2)cc1. The van der Waals surface area contributed by atoms with Gasteiger partial charge in [-0.1, -0.05) is 43.7 Å². The second-order valence-corrected chi connectivity index (χ2v) is 7.60. The molecular formula is C22H31NO2. The summed E-state index contributed by atoms with van der Waals surface area (Å²) < 4.78 is 11.6. The third-order valence-electron chi connectivity index (χ3n) is 5.29. The van der Waals surface area contributed by atoms with Crippen LogP contribution in [0.2, 0.25) is 0 Å². The molecule has 0 aliphatic carbocycles. The Labute approximate surface area is 151 Å². The first-order valence-corrected chi connectivity index (χ1v) is 9.58. The maximum atomic E-state index is 5.88. The van der Waals surface area contributed by atoms with Crippen molar-refractivity contribution in [3.05, 3.63) is 59.5 Å². The number of benzene rings is 1. The van der Waals surface area contributed by atoms with Gasteiger partial charge in [-0.3, -0.25) is 0 Å². The van der Waals surface area contributed by atoms with Gasteiger partial charge in [-0.25, -0.2) is 0 Å². The van der Waals surface area contributed by atoms with Crippen LogP contribution in [0.15, 0.2) is 47.1 Å². The molecule has 1 saturated heterocycles. The van der Waals surface area contributed by atoms with Crippen molar-refractivity contribution in [2.24, 2.45) is 5.92 Å². The highest BCUT2D eigenvalue weighted by atomic mass is 16.5. The first-order chi connectivity index (χ1) is 12.1. The highest BCUT2D eigenvalue weighted by Crippen LogP contribution is 2.28. The second kappa shape index (κ2) is 8.68. The fraction of sp³-hybridized carbons (Fsp3) is 0.545. The van der Waals surface area contributed by atoms with Crippen molar-refractivity contribution in [3.8, 4) is 0 Å². The summed E-state index contributed by atoms with van der Waals surface area (Å²) in [6.45, 7) is 8.49. The van der Waals surface area contributed by atoms with Crippen LogP contribution in [0.4, 0.5) is 0 Å². The van der Waals surface area contributed by atoms with Crippen molar-refractivity contribution >= 4 is 0 Å². The average molecular weight is 341 g/mol. The number of hydrogen-bond acceptors (Lipinski definition) is 3. The number of ether oxygens (including phenoxy) is 1. The Hall–Kier alpha value is -1.58. The van der Waals surface area contributed by atoms with E-state index in [1.54, 1.807) is 6.26 Å². The van der Waals surface area contributed by atoms with Crippen LogP contribution in [0.25, 0.3) is 0 Å². The Morgan fingerprint density at radius 2 is 1.96 bits per heavy atom. The summed E-state index contributed by atoms with van der Waals surface area (Å²) >= 11 is 0. The Bertz CT molecular complexity index is 618. The highest BCUT2D eigenvalue weighted by molar-refractivity contribution is 5.30. The van der Waals surface area contributed by atoms with Gasteiger partial charge in [0.25, 0.3) is 0 Å². The summed E-state index contributed by atoms with van der Waals surface area (Å²) in [4.78, 5) is 0. The van der Waals surface area contributed by atoms with E-state index in [4.69, 9.17) is 9.15 Å². The smallest absolute Gasteiger partial charge is 0.111 e. The number of rotatable bonds is 7. The zero-order chi connectivity index (χ0) is 17.6. The van der Waals surface area contributed by atoms with Crippen LogP contribution in [0.1, 0.15) is 55.9 Å². The molecule has 2 aromatic rings. The van der Waals surface area contributed by atoms with Crippen LogP contribution < -0.4 is 5.32 Å². The molecule has 1 fully saturated rings. The molecule has 1 aromatic heterocycles. The van der Waals surface area contributed by atoms with Crippen molar-refractivity contribution in [2.45, 2.75) is 58.1 Å². The van der Waals surface area contributed by atoms with Gasteiger partial charge in [0.15, 0.2) is 0 Å². The lowest BCUT2D eigenvalue weighted by Crippen LogP contribution is -2.41. The third kappa shape index (κ3) is 4.96. The average Bonchev–Trinajstić information content (AvgIpc) is 3.14. The summed E-state index contributed by atoms with van der Waals surface area (Å²) in [5.41, 5.74) is 2.62. The highest BCUT2D eigenvalue weighted by Gasteiger charge is 2.25. The summed E-state index contributed by atoms with van der Waals surface area (Å²) in [5, 5.41) is 3.76. The fourth-order valence-electron chi connectivity index (χ4n) is 3.67. The largest absolute Gasteiger partial charge is 0.469 e. The van der Waals surface area contributed by atoms with E-state index < -0.39 is 0 Å². The van der Waals surface area contributed by atoms with Gasteiger partial charge in [-0.15, -0.1) is 0 Å². The quantitative estimate of drug-likeness (QED) is 0.777. The van der Waals surface area contributed by atoms with Crippen LogP contribution in [0.5, 0.6) is 0 Å². The Morgan fingerprint density at radius 3 is 2.64 bits per heavy atom. The molecule has 0 bridgehead atoms. The molecule has 1 aliphatic rings. The fourth-order valence-corrected chi connectivity index (χ4v) is 3.67. The van der Waals surface area contributed by atoms with Gasteiger partial charge >= 0.3 is 0 Å². The van der Waals surface area contributed by atoms with Crippen LogP contribution in [-0.4, -0.2) is 25.3 Å². The Morgan fingerprint density at radius 1 is 1.16 bits per heavy atom. The van der Waals surface area contributed by atoms with Crippen molar-refractivity contribution in [1.29, 1.82) is 0 Å². The van der Waals surface area contributed by atoms with Crippen LogP contribution in [0.3, 0.4) is 0 Å². The normalized spacial score (nSPS) is 22.2. The molecule has 0 radical (unpaired) electrons. The van der Waals surface area contributed by atoms with Crippen LogP contribution in [0, 0.1) is 12.8 Å². The van der Waals surface area contributed by atoms with Gasteiger partial charge in [-0.2, -0.15) is 0 Å². The van der Waals surface area contributed by atoms with Gasteiger partial charge in [-0.05, 0) is 56.3 Å². The molecule has 2 heterocycles. The maximum absolute atomic E-state index is 5.88. The van der Waals surface area contributed by atoms with Crippen LogP contribution in [-0.2, 0) is 4.74 Å². The molecule has 3 nitrogen and oxygen atoms in total. The standard InChI is InChI=1S/C22H31NO2/c1-16(2)22-15-19(11-14-25-22)23-12-10-20(21-5-4-13-24-21)18-8-6-17(3)7-9-18/h4-9,13,16,19-20,22-23H,10-12,14-15H2,1-3H3/t19-,20+,22-/m0/s1. The molecule has 25 heavy (non-hydrogen) atoms. The molecule has 3 rings (SSSR count). The zero-order valence-corrected chi connectivity index (χ0v) is 15.7. The zero-order valence-electron chi connectivity index (χ0n) is 15.7. The third-order valence-corrected chi connectivity index (χ3v) is 5.29. The molecule has 1 N–H and O–H groups in total. The van der Waals surface area contributed by atoms with E-state index in [0.717, 1.165) is 38.2 Å². The van der Waals surface area contributed by atoms with Crippen molar-refractivity contribution in [2.75, 3.05) is 13.2 Å². The summed E-state index contributed by atoms with van der Waals surface area (Å²) in [6.07, 6.45) is 5.44. The van der Waals surface area contributed by atoms with Crippen molar-refractivity contribution < 1.29 is 9.15 Å². The van der Waals surface area contributed by atoms with Gasteiger partial charge < -0.3 is 14.5 Å². The van der Waals surface area contributed by atoms with Gasteiger partial charge in [0.05, 0.1) is 12.4 Å². The molecule has 0 unspecified atom stereocenters. The number of aryl methyl sites for hydroxylation is 1. The lowest BCUT2D eigenvalue weighted by molar-refractivity contribution is -0.0243. The lowest BCUT2D eigenvalue weighted by atomic mass is 9.91. The van der Waals surface area contributed by atoms with E-state index in [1.165, 1.54) is 11.1 Å². The Kier molecular flexibility index (Phi) is 6.33. The van der Waals surface area contributed by atoms with Crippen LogP contribution >= 0.6 is 0 Å². The predicted octanol–water partition coefficient (Wildman–Crippen LogP) is 4.90. The molecule has 1 aromatic carbocycles. The molecule has 0 spiro atoms. The minimum absolute atomic E-state index is 0.309. The van der Waals surface area contributed by atoms with E-state index in [2.05, 4.69) is 56.4 Å². The van der Waals surface area contributed by atoms with E-state index >= 15 is 0 Å². The summed E-state index contributed by atoms with van der Waals surface area (Å²) in [5.74, 6) is 1.95. The second-order valence-electron chi connectivity index (χ2n) is 7.60. The minimum Gasteiger partial charge on any atom is -0.469 e. The molecule has 0 saturated carbocycles. The van der Waals surface area contributed by atoms with Gasteiger partial charge in [0, 0.05) is 18.6 Å². The molecule has 1 aliphatic heterocycles. The Balaban J connectivity index is 1.59. The van der Waals surface area contributed by atoms with Crippen molar-refractivity contribution in [3.63, 3.8) is 0 Å². The summed E-state index contributed by atoms with van der Waals surface area (Å²) in [7, 11) is 0. The van der Waals surface area contributed by atoms with E-state index in [1.807, 2.05) is 6.07 Å². The van der Waals surface area contributed by atoms with Gasteiger partial charge in [0.1, 0.15) is 5.76 Å². The topological polar surface area (TPSA) is 34.4 Å². The van der Waals surface area contributed by atoms with Crippen molar-refractivity contribution in [1.82, 2.24) is 5.32 Å². The molecule has 3 atom stereocenters. The molecule has 136 valence electrons. The first-order valence-electron chi connectivity index (χ1n) is 9.58. The number of nitrogens with one attached hydrogen (secondary N) is 1. The van der Waals surface area contributed by atoms with E-state index in [9.17, 15) is 0 Å². The molecule has 0 amide bonds. The van der Waals surface area contributed by atoms with E-state index in [-0.39, 0.29) is 0 Å². The lowest BCUT2D eigenvalue weighted by Gasteiger charge is -2.32. The van der Waals surface area contributed by atoms with Gasteiger partial charge in [0.2, 0.25) is 0 Å². The number of furan rings is 1. The minimum atomic E-state index is 0.309. The summed E-state index contributed by atoms with van der Waals surface area (Å²) in [6, 6.07) is 13.5. The first kappa shape index (κ1) is 18.2. The molecular weight excluding hydrogens is 310 g/mol.